The molecule has 28 heavy (non-hydrogen) atoms. The van der Waals surface area contributed by atoms with Gasteiger partial charge in [0.2, 0.25) is 0 Å². The van der Waals surface area contributed by atoms with E-state index in [1.807, 2.05) is 0 Å². The molecule has 0 aliphatic heterocycles. The van der Waals surface area contributed by atoms with Crippen molar-refractivity contribution in [2.24, 2.45) is 0 Å². The van der Waals surface area contributed by atoms with Gasteiger partial charge in [-0.2, -0.15) is 0 Å². The molecule has 0 aromatic heterocycles. The Labute approximate surface area is 160 Å². The molecule has 10 rings (SSSR count). The third-order valence-corrected chi connectivity index (χ3v) is 8.52. The van der Waals surface area contributed by atoms with Crippen LogP contribution in [0.5, 0.6) is 0 Å². The van der Waals surface area contributed by atoms with E-state index < -0.39 is 0 Å². The fourth-order valence-electron chi connectivity index (χ4n) is 7.76. The van der Waals surface area contributed by atoms with E-state index in [2.05, 4.69) is 36.4 Å². The first-order chi connectivity index (χ1) is 13.9. The van der Waals surface area contributed by atoms with Gasteiger partial charge in [0.15, 0.2) is 0 Å². The quantitative estimate of drug-likeness (QED) is 0.271. The van der Waals surface area contributed by atoms with Crippen LogP contribution in [0, 0.1) is 0 Å². The lowest BCUT2D eigenvalue weighted by atomic mass is 9.82. The molecule has 0 heteroatoms. The molecule has 0 spiro atoms. The Hall–Kier alpha value is -3.12. The van der Waals surface area contributed by atoms with Crippen LogP contribution in [0.4, 0.5) is 0 Å². The summed E-state index contributed by atoms with van der Waals surface area (Å²) < 4.78 is 0. The van der Waals surface area contributed by atoms with Crippen molar-refractivity contribution in [2.45, 2.75) is 25.7 Å². The van der Waals surface area contributed by atoms with E-state index in [1.54, 1.807) is 86.9 Å². The molecule has 0 bridgehead atoms. The van der Waals surface area contributed by atoms with Crippen LogP contribution in [0.2, 0.25) is 0 Å². The maximum atomic E-state index is 2.53. The second kappa shape index (κ2) is 3.37. The topological polar surface area (TPSA) is 0 Å². The summed E-state index contributed by atoms with van der Waals surface area (Å²) in [6, 6.07) is 14.7. The molecular weight excluding hydrogens is 336 g/mol. The Morgan fingerprint density at radius 3 is 1.32 bits per heavy atom. The summed E-state index contributed by atoms with van der Waals surface area (Å²) in [7, 11) is 0. The lowest BCUT2D eigenvalue weighted by molar-refractivity contribution is 1.22. The van der Waals surface area contributed by atoms with Crippen LogP contribution in [-0.2, 0) is 25.7 Å². The second-order valence-corrected chi connectivity index (χ2v) is 9.63. The van der Waals surface area contributed by atoms with Gasteiger partial charge in [0.25, 0.3) is 0 Å². The van der Waals surface area contributed by atoms with Crippen molar-refractivity contribution in [1.82, 2.24) is 0 Å². The van der Waals surface area contributed by atoms with Gasteiger partial charge in [0.05, 0.1) is 0 Å². The summed E-state index contributed by atoms with van der Waals surface area (Å²) >= 11 is 0. The van der Waals surface area contributed by atoms with Gasteiger partial charge in [-0.1, -0.05) is 47.5 Å². The fourth-order valence-corrected chi connectivity index (χ4v) is 7.76. The van der Waals surface area contributed by atoms with Crippen molar-refractivity contribution in [2.75, 3.05) is 0 Å². The Kier molecular flexibility index (Phi) is 1.49. The highest BCUT2D eigenvalue weighted by Gasteiger charge is 2.34. The Morgan fingerprint density at radius 2 is 0.821 bits per heavy atom. The van der Waals surface area contributed by atoms with Crippen LogP contribution in [0.3, 0.4) is 0 Å². The molecular formula is C28H14. The molecule has 4 aliphatic rings. The zero-order valence-electron chi connectivity index (χ0n) is 15.3. The molecule has 0 saturated carbocycles. The highest BCUT2D eigenvalue weighted by atomic mass is 14.4. The van der Waals surface area contributed by atoms with Crippen LogP contribution in [0.25, 0.3) is 65.0 Å². The van der Waals surface area contributed by atoms with Crippen molar-refractivity contribution in [3.05, 3.63) is 69.1 Å². The summed E-state index contributed by atoms with van der Waals surface area (Å²) in [5, 5.41) is 19.0. The molecule has 0 heterocycles. The minimum absolute atomic E-state index is 1.16. The van der Waals surface area contributed by atoms with E-state index in [0.29, 0.717) is 0 Å². The second-order valence-electron chi connectivity index (χ2n) is 9.63. The van der Waals surface area contributed by atoms with Crippen molar-refractivity contribution >= 4 is 65.0 Å². The largest absolute Gasteiger partial charge is 0.0575 e. The summed E-state index contributed by atoms with van der Waals surface area (Å²) in [6.45, 7) is 0. The van der Waals surface area contributed by atoms with E-state index in [1.165, 1.54) is 10.8 Å². The maximum Gasteiger partial charge on any atom is -0.000454 e. The van der Waals surface area contributed by atoms with E-state index in [-0.39, 0.29) is 0 Å². The molecule has 6 aromatic carbocycles. The zero-order chi connectivity index (χ0) is 17.5. The zero-order valence-corrected chi connectivity index (χ0v) is 15.3. The minimum atomic E-state index is 1.16. The van der Waals surface area contributed by atoms with Crippen molar-refractivity contribution < 1.29 is 0 Å². The third kappa shape index (κ3) is 0.959. The predicted molar refractivity (Wildman–Crippen MR) is 117 cm³/mol. The summed E-state index contributed by atoms with van der Waals surface area (Å²) in [6.07, 6.45) is 4.64. The van der Waals surface area contributed by atoms with Crippen LogP contribution < -0.4 is 10.4 Å². The average molecular weight is 350 g/mol. The molecule has 0 saturated heterocycles. The average Bonchev–Trinajstić information content (AvgIpc) is 3.42. The molecule has 0 atom stereocenters. The molecule has 126 valence electrons. The molecule has 6 aromatic rings. The van der Waals surface area contributed by atoms with Crippen molar-refractivity contribution in [3.63, 3.8) is 0 Å². The van der Waals surface area contributed by atoms with Gasteiger partial charge in [0.1, 0.15) is 0 Å². The van der Waals surface area contributed by atoms with E-state index in [9.17, 15) is 0 Å². The first kappa shape index (κ1) is 12.4. The van der Waals surface area contributed by atoms with Crippen molar-refractivity contribution in [1.29, 1.82) is 0 Å². The molecule has 0 nitrogen and oxygen atoms in total. The van der Waals surface area contributed by atoms with E-state index in [0.717, 1.165) is 25.7 Å². The fraction of sp³-hybridized carbons (Fsp3) is 0.143. The van der Waals surface area contributed by atoms with Gasteiger partial charge in [-0.3, -0.25) is 0 Å². The lowest BCUT2D eigenvalue weighted by Crippen LogP contribution is -2.09. The van der Waals surface area contributed by atoms with Gasteiger partial charge >= 0.3 is 0 Å². The van der Waals surface area contributed by atoms with Gasteiger partial charge in [-0.05, 0) is 112 Å². The predicted octanol–water partition coefficient (Wildman–Crippen LogP) is 4.85. The summed E-state index contributed by atoms with van der Waals surface area (Å²) in [5.41, 5.74) is 9.67. The highest BCUT2D eigenvalue weighted by molar-refractivity contribution is 6.40. The Balaban J connectivity index is 1.81. The van der Waals surface area contributed by atoms with E-state index in [4.69, 9.17) is 0 Å². The van der Waals surface area contributed by atoms with Crippen LogP contribution in [0.15, 0.2) is 36.4 Å². The Bertz CT molecular complexity index is 1800. The third-order valence-electron chi connectivity index (χ3n) is 8.52. The lowest BCUT2D eigenvalue weighted by Gasteiger charge is -2.20. The normalized spacial score (nSPS) is 18.0. The first-order valence-corrected chi connectivity index (χ1v) is 10.6. The van der Waals surface area contributed by atoms with Gasteiger partial charge < -0.3 is 0 Å². The molecule has 0 fully saturated rings. The van der Waals surface area contributed by atoms with Crippen LogP contribution >= 0.6 is 0 Å². The number of rotatable bonds is 0. The van der Waals surface area contributed by atoms with E-state index >= 15 is 0 Å². The van der Waals surface area contributed by atoms with Crippen molar-refractivity contribution in [3.8, 4) is 0 Å². The van der Waals surface area contributed by atoms with Crippen LogP contribution in [-0.4, -0.2) is 0 Å². The van der Waals surface area contributed by atoms with Gasteiger partial charge in [0, 0.05) is 0 Å². The molecule has 0 amide bonds. The van der Waals surface area contributed by atoms with Gasteiger partial charge in [-0.25, -0.2) is 0 Å². The smallest absolute Gasteiger partial charge is 0.000454 e. The summed E-state index contributed by atoms with van der Waals surface area (Å²) in [5.74, 6) is 0. The first-order valence-electron chi connectivity index (χ1n) is 10.6. The number of hydrogen-bond acceptors (Lipinski definition) is 0. The monoisotopic (exact) mass is 350 g/mol. The molecule has 0 unspecified atom stereocenters. The maximum absolute atomic E-state index is 2.53. The molecule has 0 radical (unpaired) electrons. The number of hydrogen-bond donors (Lipinski definition) is 0. The van der Waals surface area contributed by atoms with Gasteiger partial charge in [-0.15, -0.1) is 0 Å². The standard InChI is InChI=1S/C28H14/c1-3-13-7-17-10-16-6-12-2-4-14-8-18-9-15-5-11(1)19-21(13)27-26(17)24(16)20(12)22(14)28(27)25(18)23(15)19/h1-4,7-8H,5-6,9-10H2. The number of benzene rings is 6. The highest BCUT2D eigenvalue weighted by Crippen LogP contribution is 2.50. The minimum Gasteiger partial charge on any atom is -0.0575 e. The molecule has 0 N–H and O–H groups in total. The SMILES string of the molecule is c1cc2cc3c4c5c6c(ccc7cc8c9c%10c(c1CC=%10C8)c2c4c9c76)CC=5C3. The Morgan fingerprint density at radius 1 is 0.393 bits per heavy atom. The molecule has 4 aliphatic carbocycles. The summed E-state index contributed by atoms with van der Waals surface area (Å²) in [4.78, 5) is 0. The van der Waals surface area contributed by atoms with Crippen LogP contribution in [0.1, 0.15) is 22.3 Å².